The van der Waals surface area contributed by atoms with Gasteiger partial charge in [0.1, 0.15) is 31.0 Å². The normalized spacial score (nSPS) is 21.9. The van der Waals surface area contributed by atoms with E-state index >= 15 is 0 Å². The molecule has 1 aliphatic heterocycles. The zero-order valence-electron chi connectivity index (χ0n) is 32.9. The van der Waals surface area contributed by atoms with Gasteiger partial charge in [-0.3, -0.25) is 9.59 Å². The summed E-state index contributed by atoms with van der Waals surface area (Å²) in [5, 5.41) is 39.9. The fraction of sp³-hybridized carbons (Fsp3) is 0.511. The van der Waals surface area contributed by atoms with Crippen molar-refractivity contribution in [3.8, 4) is 0 Å². The predicted molar refractivity (Wildman–Crippen MR) is 219 cm³/mol. The SMILES string of the molecule is CC/C=C\C/C=C\C/C=C\C/C=C\C/C=C\CC(=O)OC[C@H](CO[C@@H]1O[C@H](CO)[C@@H](O)[C@H](O)[C@H]1O)OC(=O)C/C=C\C/C=C\C/C=C\C/C=C\C/C=C\CC. The lowest BCUT2D eigenvalue weighted by atomic mass is 9.99. The molecule has 0 aromatic heterocycles. The van der Waals surface area contributed by atoms with E-state index in [0.29, 0.717) is 12.8 Å². The fourth-order valence-corrected chi connectivity index (χ4v) is 4.86. The van der Waals surface area contributed by atoms with Gasteiger partial charge in [0.15, 0.2) is 12.4 Å². The van der Waals surface area contributed by atoms with Crippen molar-refractivity contribution < 1.29 is 49.0 Å². The summed E-state index contributed by atoms with van der Waals surface area (Å²) >= 11 is 0. The molecular weight excluding hydrogens is 700 g/mol. The molecule has 306 valence electrons. The zero-order chi connectivity index (χ0) is 40.2. The van der Waals surface area contributed by atoms with Crippen molar-refractivity contribution in [2.75, 3.05) is 19.8 Å². The second-order valence-electron chi connectivity index (χ2n) is 12.6. The molecule has 0 aromatic carbocycles. The molecule has 10 nitrogen and oxygen atoms in total. The lowest BCUT2D eigenvalue weighted by Gasteiger charge is -2.39. The Kier molecular flexibility index (Phi) is 30.9. The largest absolute Gasteiger partial charge is 0.461 e. The van der Waals surface area contributed by atoms with Crippen LogP contribution in [0, 0.1) is 0 Å². The van der Waals surface area contributed by atoms with Gasteiger partial charge in [0, 0.05) is 0 Å². The van der Waals surface area contributed by atoms with Crippen molar-refractivity contribution in [3.63, 3.8) is 0 Å². The molecule has 0 aromatic rings. The van der Waals surface area contributed by atoms with Gasteiger partial charge in [0.2, 0.25) is 0 Å². The highest BCUT2D eigenvalue weighted by atomic mass is 16.7. The van der Waals surface area contributed by atoms with E-state index in [9.17, 15) is 30.0 Å². The maximum atomic E-state index is 12.7. The van der Waals surface area contributed by atoms with Crippen molar-refractivity contribution in [1.82, 2.24) is 0 Å². The lowest BCUT2D eigenvalue weighted by molar-refractivity contribution is -0.305. The highest BCUT2D eigenvalue weighted by Crippen LogP contribution is 2.22. The highest BCUT2D eigenvalue weighted by Gasteiger charge is 2.44. The first kappa shape index (κ1) is 49.1. The van der Waals surface area contributed by atoms with Gasteiger partial charge in [0.25, 0.3) is 0 Å². The Hall–Kier alpha value is -3.90. The second-order valence-corrected chi connectivity index (χ2v) is 12.6. The van der Waals surface area contributed by atoms with Gasteiger partial charge in [-0.1, -0.05) is 135 Å². The number of aliphatic hydroxyl groups is 4. The molecule has 0 aliphatic carbocycles. The molecule has 0 bridgehead atoms. The number of carbonyl (C=O) groups excluding carboxylic acids is 2. The molecule has 55 heavy (non-hydrogen) atoms. The summed E-state index contributed by atoms with van der Waals surface area (Å²) in [5.41, 5.74) is 0. The summed E-state index contributed by atoms with van der Waals surface area (Å²) in [5.74, 6) is -1.12. The van der Waals surface area contributed by atoms with E-state index in [-0.39, 0.29) is 26.1 Å². The van der Waals surface area contributed by atoms with Crippen LogP contribution in [0.1, 0.15) is 90.9 Å². The van der Waals surface area contributed by atoms with E-state index in [1.165, 1.54) is 0 Å². The molecule has 0 saturated carbocycles. The predicted octanol–water partition coefficient (Wildman–Crippen LogP) is 7.54. The van der Waals surface area contributed by atoms with Crippen LogP contribution in [0.15, 0.2) is 122 Å². The van der Waals surface area contributed by atoms with E-state index in [0.717, 1.165) is 51.4 Å². The topological polar surface area (TPSA) is 152 Å². The third kappa shape index (κ3) is 26.5. The molecule has 0 spiro atoms. The first-order valence-electron chi connectivity index (χ1n) is 19.6. The summed E-state index contributed by atoms with van der Waals surface area (Å²) < 4.78 is 21.8. The molecule has 10 heteroatoms. The van der Waals surface area contributed by atoms with Crippen LogP contribution in [0.2, 0.25) is 0 Å². The Bertz CT molecular complexity index is 1300. The Balaban J connectivity index is 2.54. The third-order valence-electron chi connectivity index (χ3n) is 7.91. The molecule has 1 fully saturated rings. The minimum Gasteiger partial charge on any atom is -0.461 e. The summed E-state index contributed by atoms with van der Waals surface area (Å²) in [6.07, 6.45) is 41.2. The van der Waals surface area contributed by atoms with Gasteiger partial charge in [-0.25, -0.2) is 0 Å². The lowest BCUT2D eigenvalue weighted by Crippen LogP contribution is -2.59. The van der Waals surface area contributed by atoms with Crippen molar-refractivity contribution >= 4 is 11.9 Å². The molecule has 6 atom stereocenters. The fourth-order valence-electron chi connectivity index (χ4n) is 4.86. The summed E-state index contributed by atoms with van der Waals surface area (Å²) in [4.78, 5) is 25.1. The number of rotatable bonds is 29. The maximum Gasteiger partial charge on any atom is 0.310 e. The van der Waals surface area contributed by atoms with Gasteiger partial charge in [-0.05, 0) is 64.2 Å². The monoisotopic (exact) mass is 766 g/mol. The number of carbonyl (C=O) groups is 2. The number of hydrogen-bond donors (Lipinski definition) is 4. The zero-order valence-corrected chi connectivity index (χ0v) is 32.9. The number of esters is 2. The quantitative estimate of drug-likeness (QED) is 0.0444. The standard InChI is InChI=1S/C45H66O10/c1-3-5-7-9-11-13-15-17-19-21-23-25-27-29-31-33-40(47)52-36-38(37-53-45-44(51)43(50)42(49)39(35-46)55-45)54-41(48)34-32-30-28-26-24-22-20-18-16-14-12-10-8-6-4-2/h5-8,11-14,17-20,23-26,29-32,38-39,42-46,49-51H,3-4,9-10,15-16,21-22,27-28,33-37H2,1-2H3/b7-5-,8-6-,13-11-,14-12-,19-17-,20-18-,25-23-,26-24-,31-29-,32-30-/t38-,39-,42-,43+,44-,45-/m1/s1. The van der Waals surface area contributed by atoms with Crippen LogP contribution in [0.4, 0.5) is 0 Å². The van der Waals surface area contributed by atoms with Crippen LogP contribution in [0.3, 0.4) is 0 Å². The van der Waals surface area contributed by atoms with E-state index < -0.39 is 55.4 Å². The molecule has 4 N–H and O–H groups in total. The van der Waals surface area contributed by atoms with Crippen LogP contribution in [0.25, 0.3) is 0 Å². The molecule has 1 aliphatic rings. The average Bonchev–Trinajstić information content (AvgIpc) is 3.18. The van der Waals surface area contributed by atoms with Crippen molar-refractivity contribution in [2.45, 2.75) is 128 Å². The number of allylic oxidation sites excluding steroid dienone is 18. The number of ether oxygens (including phenoxy) is 4. The number of aliphatic hydroxyl groups excluding tert-OH is 4. The molecule has 0 radical (unpaired) electrons. The Morgan fingerprint density at radius 3 is 1.31 bits per heavy atom. The first-order chi connectivity index (χ1) is 26.8. The van der Waals surface area contributed by atoms with Gasteiger partial charge < -0.3 is 39.4 Å². The van der Waals surface area contributed by atoms with E-state index in [4.69, 9.17) is 18.9 Å². The Labute approximate surface area is 329 Å². The van der Waals surface area contributed by atoms with Gasteiger partial charge in [0.05, 0.1) is 26.1 Å². The van der Waals surface area contributed by atoms with Crippen LogP contribution in [-0.2, 0) is 28.5 Å². The minimum absolute atomic E-state index is 0.0157. The van der Waals surface area contributed by atoms with Crippen LogP contribution < -0.4 is 0 Å². The van der Waals surface area contributed by atoms with Crippen LogP contribution in [-0.4, -0.2) is 89.0 Å². The van der Waals surface area contributed by atoms with E-state index in [2.05, 4.69) is 92.8 Å². The smallest absolute Gasteiger partial charge is 0.310 e. The van der Waals surface area contributed by atoms with Crippen molar-refractivity contribution in [3.05, 3.63) is 122 Å². The summed E-state index contributed by atoms with van der Waals surface area (Å²) in [6, 6.07) is 0. The Morgan fingerprint density at radius 1 is 0.527 bits per heavy atom. The van der Waals surface area contributed by atoms with E-state index in [1.807, 2.05) is 30.4 Å². The average molecular weight is 767 g/mol. The first-order valence-corrected chi connectivity index (χ1v) is 19.6. The van der Waals surface area contributed by atoms with Crippen LogP contribution >= 0.6 is 0 Å². The maximum absolute atomic E-state index is 12.7. The molecular formula is C45H66O10. The van der Waals surface area contributed by atoms with Gasteiger partial charge >= 0.3 is 11.9 Å². The van der Waals surface area contributed by atoms with Gasteiger partial charge in [-0.15, -0.1) is 0 Å². The van der Waals surface area contributed by atoms with Gasteiger partial charge in [-0.2, -0.15) is 0 Å². The van der Waals surface area contributed by atoms with Crippen molar-refractivity contribution in [2.24, 2.45) is 0 Å². The number of hydrogen-bond acceptors (Lipinski definition) is 10. The minimum atomic E-state index is -1.63. The molecule has 0 amide bonds. The van der Waals surface area contributed by atoms with Crippen molar-refractivity contribution in [1.29, 1.82) is 0 Å². The second kappa shape index (κ2) is 34.6. The third-order valence-corrected chi connectivity index (χ3v) is 7.91. The summed E-state index contributed by atoms with van der Waals surface area (Å²) in [7, 11) is 0. The Morgan fingerprint density at radius 2 is 0.909 bits per heavy atom. The molecule has 1 rings (SSSR count). The summed E-state index contributed by atoms with van der Waals surface area (Å²) in [6.45, 7) is 2.94. The van der Waals surface area contributed by atoms with Crippen LogP contribution in [0.5, 0.6) is 0 Å². The molecule has 1 heterocycles. The highest BCUT2D eigenvalue weighted by molar-refractivity contribution is 5.72. The molecule has 1 saturated heterocycles. The van der Waals surface area contributed by atoms with E-state index in [1.54, 1.807) is 12.2 Å². The molecule has 0 unspecified atom stereocenters.